The highest BCUT2D eigenvalue weighted by atomic mass is 16.4. The van der Waals surface area contributed by atoms with Crippen LogP contribution in [-0.2, 0) is 19.8 Å². The zero-order valence-electron chi connectivity index (χ0n) is 10.7. The Bertz CT molecular complexity index is 579. The minimum atomic E-state index is -1.24. The number of amides is 2. The maximum absolute atomic E-state index is 11.5. The average Bonchev–Trinajstić information content (AvgIpc) is 2.83. The van der Waals surface area contributed by atoms with Crippen molar-refractivity contribution in [2.75, 3.05) is 11.9 Å². The molecule has 0 aromatic heterocycles. The Hall–Kier alpha value is -2.63. The van der Waals surface area contributed by atoms with Crippen LogP contribution in [0.2, 0.25) is 0 Å². The van der Waals surface area contributed by atoms with Crippen LogP contribution in [0.3, 0.4) is 0 Å². The van der Waals surface area contributed by atoms with Crippen molar-refractivity contribution in [3.05, 3.63) is 42.5 Å². The van der Waals surface area contributed by atoms with Crippen LogP contribution in [0.4, 0.5) is 5.69 Å². The van der Waals surface area contributed by atoms with Crippen molar-refractivity contribution in [3.63, 3.8) is 0 Å². The van der Waals surface area contributed by atoms with Crippen molar-refractivity contribution >= 4 is 23.5 Å². The molecule has 6 nitrogen and oxygen atoms in total. The first kappa shape index (κ1) is 13.8. The molecule has 0 spiro atoms. The number of hydrogen-bond donors (Lipinski definition) is 3. The van der Waals surface area contributed by atoms with Crippen molar-refractivity contribution in [3.8, 4) is 0 Å². The highest BCUT2D eigenvalue weighted by Crippen LogP contribution is 2.32. The minimum absolute atomic E-state index is 0.0690. The highest BCUT2D eigenvalue weighted by Gasteiger charge is 2.46. The molecule has 0 bridgehead atoms. The fourth-order valence-electron chi connectivity index (χ4n) is 2.19. The van der Waals surface area contributed by atoms with Gasteiger partial charge in [-0.3, -0.25) is 14.4 Å². The lowest BCUT2D eigenvalue weighted by atomic mass is 9.79. The maximum atomic E-state index is 11.5. The number of carbonyl (C=O) groups is 3. The Morgan fingerprint density at radius 2 is 2.00 bits per heavy atom. The maximum Gasteiger partial charge on any atom is 0.316 e. The first-order chi connectivity index (χ1) is 9.48. The second kappa shape index (κ2) is 5.16. The number of carbonyl (C=O) groups excluding carboxylic acids is 2. The molecule has 0 radical (unpaired) electrons. The highest BCUT2D eigenvalue weighted by molar-refractivity contribution is 5.99. The number of hydrogen-bond acceptors (Lipinski definition) is 3. The number of aliphatic carboxylic acids is 1. The summed E-state index contributed by atoms with van der Waals surface area (Å²) in [4.78, 5) is 34.0. The van der Waals surface area contributed by atoms with Crippen molar-refractivity contribution < 1.29 is 19.5 Å². The molecule has 1 heterocycles. The van der Waals surface area contributed by atoms with E-state index >= 15 is 0 Å². The topological polar surface area (TPSA) is 95.5 Å². The van der Waals surface area contributed by atoms with E-state index in [1.165, 1.54) is 0 Å². The summed E-state index contributed by atoms with van der Waals surface area (Å²) in [6.45, 7) is 3.41. The van der Waals surface area contributed by atoms with Crippen molar-refractivity contribution in [1.82, 2.24) is 5.32 Å². The summed E-state index contributed by atoms with van der Waals surface area (Å²) in [6, 6.07) is 6.41. The molecule has 0 aliphatic carbocycles. The molecule has 1 aliphatic heterocycles. The predicted octanol–water partition coefficient (Wildman–Crippen LogP) is 0.653. The van der Waals surface area contributed by atoms with E-state index in [4.69, 9.17) is 0 Å². The van der Waals surface area contributed by atoms with E-state index in [0.29, 0.717) is 11.3 Å². The molecule has 1 aromatic carbocycles. The first-order valence-electron chi connectivity index (χ1n) is 6.02. The van der Waals surface area contributed by atoms with E-state index in [9.17, 15) is 19.5 Å². The molecule has 1 saturated heterocycles. The average molecular weight is 274 g/mol. The molecule has 1 atom stereocenters. The standard InChI is InChI=1S/C14H14N2O4/c1-2-11(17)16-10-5-3-9(4-6-10)14(13(19)20)7-12(18)15-8-14/h2-6H,1,7-8H2,(H,15,18)(H,16,17)(H,19,20). The van der Waals surface area contributed by atoms with Gasteiger partial charge >= 0.3 is 5.97 Å². The Balaban J connectivity index is 2.28. The quantitative estimate of drug-likeness (QED) is 0.703. The summed E-state index contributed by atoms with van der Waals surface area (Å²) in [6.07, 6.45) is 1.06. The van der Waals surface area contributed by atoms with Crippen LogP contribution < -0.4 is 10.6 Å². The van der Waals surface area contributed by atoms with E-state index in [2.05, 4.69) is 17.2 Å². The molecule has 1 fully saturated rings. The van der Waals surface area contributed by atoms with Crippen LogP contribution in [-0.4, -0.2) is 29.4 Å². The summed E-state index contributed by atoms with van der Waals surface area (Å²) < 4.78 is 0. The third kappa shape index (κ3) is 2.40. The van der Waals surface area contributed by atoms with Gasteiger partial charge in [0.1, 0.15) is 5.41 Å². The summed E-state index contributed by atoms with van der Waals surface area (Å²) in [5.74, 6) is -1.67. The number of carboxylic acids is 1. The van der Waals surface area contributed by atoms with Gasteiger partial charge in [-0.2, -0.15) is 0 Å². The molecule has 3 N–H and O–H groups in total. The Morgan fingerprint density at radius 3 is 2.45 bits per heavy atom. The third-order valence-electron chi connectivity index (χ3n) is 3.35. The van der Waals surface area contributed by atoms with Gasteiger partial charge in [-0.05, 0) is 23.8 Å². The van der Waals surface area contributed by atoms with Gasteiger partial charge in [-0.15, -0.1) is 0 Å². The summed E-state index contributed by atoms with van der Waals surface area (Å²) in [5.41, 5.74) is -0.172. The largest absolute Gasteiger partial charge is 0.481 e. The van der Waals surface area contributed by atoms with E-state index in [-0.39, 0.29) is 24.8 Å². The fourth-order valence-corrected chi connectivity index (χ4v) is 2.19. The van der Waals surface area contributed by atoms with Crippen LogP contribution in [0.25, 0.3) is 0 Å². The number of rotatable bonds is 4. The van der Waals surface area contributed by atoms with Crippen molar-refractivity contribution in [1.29, 1.82) is 0 Å². The molecule has 104 valence electrons. The van der Waals surface area contributed by atoms with E-state index in [1.807, 2.05) is 0 Å². The van der Waals surface area contributed by atoms with Gasteiger partial charge in [-0.25, -0.2) is 0 Å². The molecular formula is C14H14N2O4. The Labute approximate surface area is 115 Å². The fraction of sp³-hybridized carbons (Fsp3) is 0.214. The van der Waals surface area contributed by atoms with Crippen LogP contribution >= 0.6 is 0 Å². The Kier molecular flexibility index (Phi) is 3.56. The number of nitrogens with one attached hydrogen (secondary N) is 2. The lowest BCUT2D eigenvalue weighted by Crippen LogP contribution is -2.37. The van der Waals surface area contributed by atoms with Crippen LogP contribution in [0.1, 0.15) is 12.0 Å². The predicted molar refractivity (Wildman–Crippen MR) is 72.2 cm³/mol. The Morgan fingerprint density at radius 1 is 1.35 bits per heavy atom. The summed E-state index contributed by atoms with van der Waals surface area (Å²) in [7, 11) is 0. The first-order valence-corrected chi connectivity index (χ1v) is 6.02. The molecule has 1 aliphatic rings. The second-order valence-electron chi connectivity index (χ2n) is 4.61. The van der Waals surface area contributed by atoms with Crippen LogP contribution in [0.5, 0.6) is 0 Å². The van der Waals surface area contributed by atoms with Crippen LogP contribution in [0, 0.1) is 0 Å². The number of benzene rings is 1. The lowest BCUT2D eigenvalue weighted by molar-refractivity contribution is -0.143. The van der Waals surface area contributed by atoms with Gasteiger partial charge in [0.2, 0.25) is 11.8 Å². The third-order valence-corrected chi connectivity index (χ3v) is 3.35. The smallest absolute Gasteiger partial charge is 0.316 e. The van der Waals surface area contributed by atoms with E-state index < -0.39 is 11.4 Å². The summed E-state index contributed by atoms with van der Waals surface area (Å²) >= 11 is 0. The van der Waals surface area contributed by atoms with Gasteiger partial charge < -0.3 is 15.7 Å². The van der Waals surface area contributed by atoms with Crippen molar-refractivity contribution in [2.24, 2.45) is 0 Å². The van der Waals surface area contributed by atoms with Crippen molar-refractivity contribution in [2.45, 2.75) is 11.8 Å². The zero-order chi connectivity index (χ0) is 14.8. The number of carboxylic acid groups (broad SMARTS) is 1. The molecular weight excluding hydrogens is 260 g/mol. The molecule has 2 rings (SSSR count). The normalized spacial score (nSPS) is 21.1. The molecule has 2 amide bonds. The summed E-state index contributed by atoms with van der Waals surface area (Å²) in [5, 5.41) is 14.5. The lowest BCUT2D eigenvalue weighted by Gasteiger charge is -2.22. The van der Waals surface area contributed by atoms with E-state index in [1.54, 1.807) is 24.3 Å². The molecule has 20 heavy (non-hydrogen) atoms. The van der Waals surface area contributed by atoms with Crippen LogP contribution in [0.15, 0.2) is 36.9 Å². The van der Waals surface area contributed by atoms with Gasteiger partial charge in [0, 0.05) is 18.7 Å². The van der Waals surface area contributed by atoms with Gasteiger partial charge in [0.05, 0.1) is 0 Å². The molecule has 0 saturated carbocycles. The van der Waals surface area contributed by atoms with Gasteiger partial charge in [0.25, 0.3) is 0 Å². The second-order valence-corrected chi connectivity index (χ2v) is 4.61. The monoisotopic (exact) mass is 274 g/mol. The molecule has 1 aromatic rings. The SMILES string of the molecule is C=CC(=O)Nc1ccc(C2(C(=O)O)CNC(=O)C2)cc1. The zero-order valence-corrected chi connectivity index (χ0v) is 10.7. The molecule has 1 unspecified atom stereocenters. The minimum Gasteiger partial charge on any atom is -0.481 e. The van der Waals surface area contributed by atoms with E-state index in [0.717, 1.165) is 6.08 Å². The number of anilines is 1. The molecule has 6 heteroatoms. The van der Waals surface area contributed by atoms with Gasteiger partial charge in [0.15, 0.2) is 0 Å². The van der Waals surface area contributed by atoms with Gasteiger partial charge in [-0.1, -0.05) is 18.7 Å².